The molecule has 4 aromatic rings. The first-order valence-electron chi connectivity index (χ1n) is 9.39. The fraction of sp³-hybridized carbons (Fsp3) is 0.182. The van der Waals surface area contributed by atoms with Crippen LogP contribution in [0, 0.1) is 25.5 Å². The van der Waals surface area contributed by atoms with Crippen LogP contribution in [0.25, 0.3) is 11.4 Å². The summed E-state index contributed by atoms with van der Waals surface area (Å²) >= 11 is 0. The molecule has 0 spiro atoms. The number of benzene rings is 2. The highest BCUT2D eigenvalue weighted by Gasteiger charge is 2.18. The third-order valence-electron chi connectivity index (χ3n) is 4.97. The lowest BCUT2D eigenvalue weighted by atomic mass is 10.1. The lowest BCUT2D eigenvalue weighted by Gasteiger charge is -2.10. The van der Waals surface area contributed by atoms with Crippen molar-refractivity contribution in [3.8, 4) is 11.4 Å². The third kappa shape index (κ3) is 4.03. The predicted octanol–water partition coefficient (Wildman–Crippen LogP) is 3.97. The number of Topliss-reactive ketones (excluding diaryl/α,β-unsaturated/α-hetero) is 1. The number of halogens is 2. The minimum atomic E-state index is -0.350. The Morgan fingerprint density at radius 1 is 0.967 bits per heavy atom. The molecule has 0 aliphatic heterocycles. The Labute approximate surface area is 171 Å². The number of aromatic nitrogens is 5. The topological polar surface area (TPSA) is 65.6 Å². The minimum absolute atomic E-state index is 0.0605. The molecule has 0 fully saturated rings. The molecular weight excluding hydrogens is 388 g/mol. The molecular formula is C22H19F2N5O. The summed E-state index contributed by atoms with van der Waals surface area (Å²) in [7, 11) is 0. The maximum atomic E-state index is 13.1. The van der Waals surface area contributed by atoms with Gasteiger partial charge in [-0.2, -0.15) is 4.80 Å². The van der Waals surface area contributed by atoms with E-state index in [9.17, 15) is 13.6 Å². The van der Waals surface area contributed by atoms with Gasteiger partial charge in [-0.15, -0.1) is 10.2 Å². The summed E-state index contributed by atoms with van der Waals surface area (Å²) in [4.78, 5) is 14.1. The van der Waals surface area contributed by atoms with Gasteiger partial charge in [0.15, 0.2) is 5.78 Å². The molecule has 0 N–H and O–H groups in total. The Morgan fingerprint density at radius 3 is 2.27 bits per heavy atom. The van der Waals surface area contributed by atoms with Gasteiger partial charge in [-0.25, -0.2) is 8.78 Å². The summed E-state index contributed by atoms with van der Waals surface area (Å²) in [6, 6.07) is 13.9. The van der Waals surface area contributed by atoms with Gasteiger partial charge in [-0.05, 0) is 67.1 Å². The molecule has 0 radical (unpaired) electrons. The number of tetrazole rings is 1. The highest BCUT2D eigenvalue weighted by atomic mass is 19.1. The zero-order chi connectivity index (χ0) is 21.3. The van der Waals surface area contributed by atoms with Crippen molar-refractivity contribution in [1.82, 2.24) is 24.8 Å². The highest BCUT2D eigenvalue weighted by molar-refractivity contribution is 5.97. The third-order valence-corrected chi connectivity index (χ3v) is 4.97. The molecule has 0 unspecified atom stereocenters. The van der Waals surface area contributed by atoms with Gasteiger partial charge in [0.05, 0.1) is 0 Å². The van der Waals surface area contributed by atoms with Crippen molar-refractivity contribution in [1.29, 1.82) is 0 Å². The fourth-order valence-corrected chi connectivity index (χ4v) is 3.34. The van der Waals surface area contributed by atoms with Gasteiger partial charge in [0, 0.05) is 29.1 Å². The van der Waals surface area contributed by atoms with Crippen LogP contribution in [0.2, 0.25) is 0 Å². The summed E-state index contributed by atoms with van der Waals surface area (Å²) in [6.45, 7) is 4.28. The fourth-order valence-electron chi connectivity index (χ4n) is 3.34. The molecule has 2 aromatic carbocycles. The molecule has 2 heterocycles. The first-order chi connectivity index (χ1) is 14.4. The Hall–Kier alpha value is -3.68. The molecule has 152 valence electrons. The largest absolute Gasteiger partial charge is 0.344 e. The molecule has 4 rings (SSSR count). The monoisotopic (exact) mass is 407 g/mol. The molecule has 2 aromatic heterocycles. The molecule has 0 saturated carbocycles. The van der Waals surface area contributed by atoms with Gasteiger partial charge in [0.25, 0.3) is 0 Å². The normalized spacial score (nSPS) is 11.1. The van der Waals surface area contributed by atoms with Crippen molar-refractivity contribution in [2.75, 3.05) is 0 Å². The van der Waals surface area contributed by atoms with Crippen LogP contribution in [0.1, 0.15) is 27.3 Å². The molecule has 6 nitrogen and oxygen atoms in total. The smallest absolute Gasteiger partial charge is 0.204 e. The van der Waals surface area contributed by atoms with Gasteiger partial charge in [-0.3, -0.25) is 4.79 Å². The average Bonchev–Trinajstić information content (AvgIpc) is 3.30. The van der Waals surface area contributed by atoms with Crippen LogP contribution in [-0.4, -0.2) is 30.6 Å². The van der Waals surface area contributed by atoms with Gasteiger partial charge in [0.2, 0.25) is 5.82 Å². The summed E-state index contributed by atoms with van der Waals surface area (Å²) in [6.07, 6.45) is 0. The number of carbonyl (C=O) groups is 1. The Balaban J connectivity index is 1.51. The predicted molar refractivity (Wildman–Crippen MR) is 107 cm³/mol. The van der Waals surface area contributed by atoms with E-state index in [0.717, 1.165) is 17.0 Å². The second-order valence-corrected chi connectivity index (χ2v) is 7.07. The van der Waals surface area contributed by atoms with Gasteiger partial charge in [0.1, 0.15) is 18.2 Å². The second kappa shape index (κ2) is 7.98. The first-order valence-corrected chi connectivity index (χ1v) is 9.39. The number of ketones is 1. The Kier molecular flexibility index (Phi) is 5.22. The van der Waals surface area contributed by atoms with E-state index in [1.807, 2.05) is 24.5 Å². The van der Waals surface area contributed by atoms with E-state index in [1.54, 1.807) is 24.3 Å². The van der Waals surface area contributed by atoms with Crippen LogP contribution < -0.4 is 0 Å². The summed E-state index contributed by atoms with van der Waals surface area (Å²) < 4.78 is 28.2. The molecule has 0 bridgehead atoms. The van der Waals surface area contributed by atoms with Crippen molar-refractivity contribution in [2.24, 2.45) is 0 Å². The standard InChI is InChI=1S/C22H19F2N5O/c1-14-11-20(15(2)28(14)12-16-3-7-18(23)8-4-16)21(30)13-29-26-22(25-27-29)17-5-9-19(24)10-6-17/h3-11H,12-13H2,1-2H3. The zero-order valence-corrected chi connectivity index (χ0v) is 16.5. The van der Waals surface area contributed by atoms with Gasteiger partial charge < -0.3 is 4.57 Å². The van der Waals surface area contributed by atoms with Crippen LogP contribution in [0.15, 0.2) is 54.6 Å². The lowest BCUT2D eigenvalue weighted by molar-refractivity contribution is 0.0960. The molecule has 0 atom stereocenters. The minimum Gasteiger partial charge on any atom is -0.344 e. The quantitative estimate of drug-likeness (QED) is 0.454. The number of nitrogens with zero attached hydrogens (tertiary/aromatic N) is 5. The second-order valence-electron chi connectivity index (χ2n) is 7.07. The number of rotatable bonds is 6. The lowest BCUT2D eigenvalue weighted by Crippen LogP contribution is -2.14. The van der Waals surface area contributed by atoms with Crippen molar-refractivity contribution >= 4 is 5.78 Å². The van der Waals surface area contributed by atoms with Crippen molar-refractivity contribution < 1.29 is 13.6 Å². The number of hydrogen-bond donors (Lipinski definition) is 0. The van der Waals surface area contributed by atoms with Crippen LogP contribution in [-0.2, 0) is 13.1 Å². The zero-order valence-electron chi connectivity index (χ0n) is 16.5. The average molecular weight is 407 g/mol. The van der Waals surface area contributed by atoms with E-state index >= 15 is 0 Å². The van der Waals surface area contributed by atoms with Crippen molar-refractivity contribution in [2.45, 2.75) is 26.9 Å². The summed E-state index contributed by atoms with van der Waals surface area (Å²) in [5.74, 6) is -0.450. The molecule has 0 amide bonds. The van der Waals surface area contributed by atoms with Crippen molar-refractivity contribution in [3.63, 3.8) is 0 Å². The van der Waals surface area contributed by atoms with Crippen LogP contribution >= 0.6 is 0 Å². The Bertz CT molecular complexity index is 1190. The molecule has 0 aliphatic rings. The number of hydrogen-bond acceptors (Lipinski definition) is 4. The van der Waals surface area contributed by atoms with E-state index in [-0.39, 0.29) is 24.0 Å². The maximum Gasteiger partial charge on any atom is 0.204 e. The van der Waals surface area contributed by atoms with Gasteiger partial charge >= 0.3 is 0 Å². The van der Waals surface area contributed by atoms with E-state index in [4.69, 9.17) is 0 Å². The molecule has 8 heteroatoms. The summed E-state index contributed by atoms with van der Waals surface area (Å²) in [5, 5.41) is 12.1. The first kappa shape index (κ1) is 19.6. The maximum absolute atomic E-state index is 13.1. The van der Waals surface area contributed by atoms with Crippen LogP contribution in [0.5, 0.6) is 0 Å². The van der Waals surface area contributed by atoms with Crippen LogP contribution in [0.3, 0.4) is 0 Å². The van der Waals surface area contributed by atoms with Crippen molar-refractivity contribution in [3.05, 3.63) is 88.7 Å². The van der Waals surface area contributed by atoms with E-state index < -0.39 is 0 Å². The Morgan fingerprint density at radius 2 is 1.60 bits per heavy atom. The van der Waals surface area contributed by atoms with E-state index in [0.29, 0.717) is 23.5 Å². The number of carbonyl (C=O) groups excluding carboxylic acids is 1. The van der Waals surface area contributed by atoms with E-state index in [2.05, 4.69) is 15.4 Å². The SMILES string of the molecule is Cc1cc(C(=O)Cn2nnc(-c3ccc(F)cc3)n2)c(C)n1Cc1ccc(F)cc1. The van der Waals surface area contributed by atoms with E-state index in [1.165, 1.54) is 29.1 Å². The molecule has 0 saturated heterocycles. The number of aryl methyl sites for hydroxylation is 1. The molecule has 30 heavy (non-hydrogen) atoms. The van der Waals surface area contributed by atoms with Gasteiger partial charge in [-0.1, -0.05) is 12.1 Å². The summed E-state index contributed by atoms with van der Waals surface area (Å²) in [5.41, 5.74) is 3.89. The highest BCUT2D eigenvalue weighted by Crippen LogP contribution is 2.19. The van der Waals surface area contributed by atoms with Crippen LogP contribution in [0.4, 0.5) is 8.78 Å². The molecule has 0 aliphatic carbocycles.